The number of carbonyl (C=O) groups excluding carboxylic acids is 1. The topological polar surface area (TPSA) is 109 Å². The number of aromatic nitrogens is 3. The Balaban J connectivity index is 1.78. The maximum absolute atomic E-state index is 13.6. The number of pyridine rings is 1. The van der Waals surface area contributed by atoms with E-state index in [2.05, 4.69) is 20.2 Å². The van der Waals surface area contributed by atoms with E-state index in [0.717, 1.165) is 18.7 Å². The van der Waals surface area contributed by atoms with Gasteiger partial charge in [-0.3, -0.25) is 24.0 Å². The number of ether oxygens (including phenoxy) is 1. The lowest BCUT2D eigenvalue weighted by Crippen LogP contribution is -2.36. The molecule has 1 saturated heterocycles. The lowest BCUT2D eigenvalue weighted by Gasteiger charge is -2.27. The van der Waals surface area contributed by atoms with Crippen LogP contribution in [0.15, 0.2) is 39.9 Å². The molecule has 2 aromatic heterocycles. The molecule has 1 fully saturated rings. The molecular weight excluding hydrogens is 446 g/mol. The van der Waals surface area contributed by atoms with Gasteiger partial charge in [-0.1, -0.05) is 45.9 Å². The molecule has 0 unspecified atom stereocenters. The number of hydrogen-bond donors (Lipinski definition) is 2. The first kappa shape index (κ1) is 24.8. The number of amides is 1. The van der Waals surface area contributed by atoms with Gasteiger partial charge in [-0.25, -0.2) is 9.78 Å². The van der Waals surface area contributed by atoms with Crippen LogP contribution in [-0.4, -0.2) is 51.6 Å². The molecule has 1 amide bonds. The number of morpholine rings is 1. The summed E-state index contributed by atoms with van der Waals surface area (Å²) in [6.45, 7) is 12.0. The third-order valence-electron chi connectivity index (χ3n) is 6.12. The second-order valence-corrected chi connectivity index (χ2v) is 9.71. The molecular formula is C26H33N5O4. The summed E-state index contributed by atoms with van der Waals surface area (Å²) >= 11 is 0. The summed E-state index contributed by atoms with van der Waals surface area (Å²) in [5.74, 6) is -0.258. The van der Waals surface area contributed by atoms with Crippen molar-refractivity contribution in [3.63, 3.8) is 0 Å². The zero-order chi connectivity index (χ0) is 25.1. The largest absolute Gasteiger partial charge is 0.379 e. The minimum atomic E-state index is -0.612. The lowest BCUT2D eigenvalue weighted by atomic mass is 10.0. The molecule has 3 aromatic rings. The Labute approximate surface area is 204 Å². The maximum atomic E-state index is 13.6. The van der Waals surface area contributed by atoms with Crippen LogP contribution < -0.4 is 16.6 Å². The minimum Gasteiger partial charge on any atom is -0.379 e. The maximum Gasteiger partial charge on any atom is 0.330 e. The molecule has 1 aliphatic rings. The Kier molecular flexibility index (Phi) is 7.47. The molecule has 1 aliphatic heterocycles. The van der Waals surface area contributed by atoms with E-state index in [1.54, 1.807) is 6.07 Å². The molecule has 35 heavy (non-hydrogen) atoms. The van der Waals surface area contributed by atoms with Crippen LogP contribution >= 0.6 is 0 Å². The van der Waals surface area contributed by atoms with Crippen LogP contribution in [0.2, 0.25) is 0 Å². The number of H-pyrrole nitrogens is 1. The van der Waals surface area contributed by atoms with Crippen molar-refractivity contribution in [1.82, 2.24) is 19.4 Å². The molecule has 0 radical (unpaired) electrons. The summed E-state index contributed by atoms with van der Waals surface area (Å²) in [4.78, 5) is 48.4. The molecule has 9 heteroatoms. The van der Waals surface area contributed by atoms with Gasteiger partial charge in [0.1, 0.15) is 0 Å². The van der Waals surface area contributed by atoms with Crippen LogP contribution in [0.1, 0.15) is 55.2 Å². The van der Waals surface area contributed by atoms with E-state index in [4.69, 9.17) is 4.74 Å². The van der Waals surface area contributed by atoms with E-state index in [0.29, 0.717) is 37.7 Å². The summed E-state index contributed by atoms with van der Waals surface area (Å²) in [6.07, 6.45) is 0. The van der Waals surface area contributed by atoms with Crippen LogP contribution in [0.5, 0.6) is 0 Å². The number of rotatable bonds is 7. The number of hydrogen-bond acceptors (Lipinski definition) is 6. The van der Waals surface area contributed by atoms with Crippen molar-refractivity contribution in [2.24, 2.45) is 5.92 Å². The molecule has 1 aromatic carbocycles. The third kappa shape index (κ3) is 5.52. The second kappa shape index (κ2) is 10.5. The molecule has 3 heterocycles. The third-order valence-corrected chi connectivity index (χ3v) is 6.12. The summed E-state index contributed by atoms with van der Waals surface area (Å²) in [5, 5.41) is 3.13. The summed E-state index contributed by atoms with van der Waals surface area (Å²) < 4.78 is 6.90. The number of para-hydroxylation sites is 1. The van der Waals surface area contributed by atoms with Crippen LogP contribution in [0.25, 0.3) is 11.0 Å². The van der Waals surface area contributed by atoms with Crippen LogP contribution in [0, 0.1) is 5.92 Å². The fourth-order valence-corrected chi connectivity index (χ4v) is 4.27. The molecule has 2 N–H and O–H groups in total. The van der Waals surface area contributed by atoms with Crippen molar-refractivity contribution in [3.8, 4) is 0 Å². The summed E-state index contributed by atoms with van der Waals surface area (Å²) in [5.41, 5.74) is 1.63. The van der Waals surface area contributed by atoms with Crippen molar-refractivity contribution < 1.29 is 9.53 Å². The van der Waals surface area contributed by atoms with E-state index in [-0.39, 0.29) is 28.4 Å². The molecule has 0 saturated carbocycles. The predicted octanol–water partition coefficient (Wildman–Crippen LogP) is 2.95. The van der Waals surface area contributed by atoms with Gasteiger partial charge in [0.25, 0.3) is 11.5 Å². The fourth-order valence-electron chi connectivity index (χ4n) is 4.27. The Morgan fingerprint density at radius 2 is 1.86 bits per heavy atom. The zero-order valence-electron chi connectivity index (χ0n) is 20.8. The van der Waals surface area contributed by atoms with Gasteiger partial charge in [0.05, 0.1) is 24.2 Å². The van der Waals surface area contributed by atoms with E-state index in [9.17, 15) is 14.4 Å². The highest BCUT2D eigenvalue weighted by molar-refractivity contribution is 6.12. The van der Waals surface area contributed by atoms with Gasteiger partial charge in [-0.15, -0.1) is 0 Å². The number of nitrogens with one attached hydrogen (secondary N) is 2. The highest BCUT2D eigenvalue weighted by atomic mass is 16.5. The Morgan fingerprint density at radius 1 is 1.14 bits per heavy atom. The van der Waals surface area contributed by atoms with Crippen molar-refractivity contribution in [2.75, 3.05) is 31.6 Å². The second-order valence-electron chi connectivity index (χ2n) is 9.71. The fraction of sp³-hybridized carbons (Fsp3) is 0.462. The Morgan fingerprint density at radius 3 is 2.54 bits per heavy atom. The first-order valence-electron chi connectivity index (χ1n) is 12.1. The van der Waals surface area contributed by atoms with Gasteiger partial charge >= 0.3 is 5.69 Å². The van der Waals surface area contributed by atoms with Gasteiger partial charge in [0.15, 0.2) is 5.65 Å². The minimum absolute atomic E-state index is 0.00134. The average Bonchev–Trinajstić information content (AvgIpc) is 2.82. The normalized spacial score (nSPS) is 14.7. The molecule has 4 rings (SSSR count). The standard InChI is InChI=1S/C26H33N5O4/c1-16(2)14-31-23-22(25(33)29-26(31)34)19(13-21(27-23)17(3)4)24(32)28-20-8-6-5-7-18(20)15-30-9-11-35-12-10-30/h5-8,13,16-17H,9-12,14-15H2,1-4H3,(H,28,32)(H,29,33,34). The van der Waals surface area contributed by atoms with E-state index >= 15 is 0 Å². The van der Waals surface area contributed by atoms with Gasteiger partial charge in [0.2, 0.25) is 0 Å². The number of carbonyl (C=O) groups is 1. The van der Waals surface area contributed by atoms with Crippen molar-refractivity contribution >= 4 is 22.6 Å². The highest BCUT2D eigenvalue weighted by Gasteiger charge is 2.22. The number of aromatic amines is 1. The van der Waals surface area contributed by atoms with Crippen molar-refractivity contribution in [3.05, 3.63) is 68.0 Å². The molecule has 9 nitrogen and oxygen atoms in total. The first-order valence-corrected chi connectivity index (χ1v) is 12.1. The number of anilines is 1. The summed E-state index contributed by atoms with van der Waals surface area (Å²) in [7, 11) is 0. The van der Waals surface area contributed by atoms with Crippen LogP contribution in [0.4, 0.5) is 5.69 Å². The number of benzene rings is 1. The molecule has 0 aliphatic carbocycles. The average molecular weight is 480 g/mol. The molecule has 186 valence electrons. The summed E-state index contributed by atoms with van der Waals surface area (Å²) in [6, 6.07) is 9.32. The number of fused-ring (bicyclic) bond motifs is 1. The Hall–Kier alpha value is -3.30. The predicted molar refractivity (Wildman–Crippen MR) is 136 cm³/mol. The zero-order valence-corrected chi connectivity index (χ0v) is 20.8. The van der Waals surface area contributed by atoms with Crippen LogP contribution in [0.3, 0.4) is 0 Å². The Bertz CT molecular complexity index is 1340. The van der Waals surface area contributed by atoms with Crippen molar-refractivity contribution in [1.29, 1.82) is 0 Å². The lowest BCUT2D eigenvalue weighted by molar-refractivity contribution is 0.0342. The molecule has 0 atom stereocenters. The molecule has 0 bridgehead atoms. The first-order chi connectivity index (χ1) is 16.7. The van der Waals surface area contributed by atoms with Crippen LogP contribution in [-0.2, 0) is 17.8 Å². The van der Waals surface area contributed by atoms with E-state index in [1.807, 2.05) is 52.0 Å². The van der Waals surface area contributed by atoms with E-state index < -0.39 is 17.2 Å². The van der Waals surface area contributed by atoms with E-state index in [1.165, 1.54) is 4.57 Å². The highest BCUT2D eigenvalue weighted by Crippen LogP contribution is 2.23. The molecule has 0 spiro atoms. The van der Waals surface area contributed by atoms with Crippen molar-refractivity contribution in [2.45, 2.75) is 46.7 Å². The number of nitrogens with zero attached hydrogens (tertiary/aromatic N) is 3. The smallest absolute Gasteiger partial charge is 0.330 e. The quantitative estimate of drug-likeness (QED) is 0.539. The van der Waals surface area contributed by atoms with Gasteiger partial charge in [-0.2, -0.15) is 0 Å². The SMILES string of the molecule is CC(C)Cn1c(=O)[nH]c(=O)c2c(C(=O)Nc3ccccc3CN3CCOCC3)cc(C(C)C)nc21. The van der Waals surface area contributed by atoms with Gasteiger partial charge in [0, 0.05) is 37.6 Å². The van der Waals surface area contributed by atoms with Gasteiger partial charge in [-0.05, 0) is 29.5 Å². The van der Waals surface area contributed by atoms with Gasteiger partial charge < -0.3 is 10.1 Å². The monoisotopic (exact) mass is 479 g/mol.